The number of benzene rings is 2. The van der Waals surface area contributed by atoms with Gasteiger partial charge in [0.15, 0.2) is 0 Å². The Hall–Kier alpha value is -1.75. The van der Waals surface area contributed by atoms with E-state index in [4.69, 9.17) is 34.8 Å². The van der Waals surface area contributed by atoms with Gasteiger partial charge in [-0.1, -0.05) is 40.9 Å². The molecule has 7 heteroatoms. The lowest BCUT2D eigenvalue weighted by Crippen LogP contribution is -2.29. The second kappa shape index (κ2) is 7.01. The molecule has 0 saturated carbocycles. The Morgan fingerprint density at radius 3 is 2.09 bits per heavy atom. The normalized spacial score (nSPS) is 10.2. The Balaban J connectivity index is 2.11. The smallest absolute Gasteiger partial charge is 0.314 e. The van der Waals surface area contributed by atoms with Gasteiger partial charge >= 0.3 is 11.8 Å². The second-order valence-corrected chi connectivity index (χ2v) is 5.71. The summed E-state index contributed by atoms with van der Waals surface area (Å²) < 4.78 is 0. The molecule has 2 rings (SSSR count). The molecule has 0 aliphatic rings. The number of carbonyl (C=O) groups is 2. The van der Waals surface area contributed by atoms with Gasteiger partial charge in [-0.25, -0.2) is 0 Å². The van der Waals surface area contributed by atoms with Crippen LogP contribution in [0.3, 0.4) is 0 Å². The quantitative estimate of drug-likeness (QED) is 0.776. The molecule has 0 aliphatic carbocycles. The summed E-state index contributed by atoms with van der Waals surface area (Å²) >= 11 is 17.7. The standard InChI is InChI=1S/C15H11Cl3N2O2/c1-8-7-9(16)5-6-12(8)19-14(21)15(22)20-13-10(17)3-2-4-11(13)18/h2-7H,1H3,(H,19,21)(H,20,22). The van der Waals surface area contributed by atoms with E-state index in [0.29, 0.717) is 10.7 Å². The molecule has 0 radical (unpaired) electrons. The van der Waals surface area contributed by atoms with E-state index in [9.17, 15) is 9.59 Å². The summed E-state index contributed by atoms with van der Waals surface area (Å²) in [4.78, 5) is 23.9. The molecule has 0 atom stereocenters. The number of para-hydroxylation sites is 1. The first-order valence-corrected chi connectivity index (χ1v) is 7.34. The fourth-order valence-electron chi connectivity index (χ4n) is 1.73. The number of rotatable bonds is 2. The molecular weight excluding hydrogens is 347 g/mol. The van der Waals surface area contributed by atoms with Crippen LogP contribution >= 0.6 is 34.8 Å². The van der Waals surface area contributed by atoms with Gasteiger partial charge in [0.2, 0.25) is 0 Å². The number of hydrogen-bond donors (Lipinski definition) is 2. The van der Waals surface area contributed by atoms with Crippen molar-refractivity contribution in [3.05, 3.63) is 57.0 Å². The molecule has 0 aliphatic heterocycles. The summed E-state index contributed by atoms with van der Waals surface area (Å²) in [6.45, 7) is 1.77. The van der Waals surface area contributed by atoms with Gasteiger partial charge in [0, 0.05) is 10.7 Å². The molecule has 2 N–H and O–H groups in total. The topological polar surface area (TPSA) is 58.2 Å². The highest BCUT2D eigenvalue weighted by Gasteiger charge is 2.17. The van der Waals surface area contributed by atoms with Gasteiger partial charge in [0.05, 0.1) is 15.7 Å². The number of halogens is 3. The van der Waals surface area contributed by atoms with Gasteiger partial charge < -0.3 is 10.6 Å². The molecule has 0 bridgehead atoms. The average Bonchev–Trinajstić information content (AvgIpc) is 2.45. The van der Waals surface area contributed by atoms with Gasteiger partial charge in [-0.05, 0) is 42.8 Å². The zero-order chi connectivity index (χ0) is 16.3. The van der Waals surface area contributed by atoms with E-state index in [1.165, 1.54) is 0 Å². The maximum atomic E-state index is 11.9. The number of hydrogen-bond acceptors (Lipinski definition) is 2. The monoisotopic (exact) mass is 356 g/mol. The third-order valence-corrected chi connectivity index (χ3v) is 3.71. The van der Waals surface area contributed by atoms with Crippen LogP contribution in [-0.4, -0.2) is 11.8 Å². The van der Waals surface area contributed by atoms with Crippen molar-refractivity contribution in [2.24, 2.45) is 0 Å². The van der Waals surface area contributed by atoms with Crippen molar-refractivity contribution in [1.29, 1.82) is 0 Å². The first-order valence-electron chi connectivity index (χ1n) is 6.21. The van der Waals surface area contributed by atoms with E-state index < -0.39 is 11.8 Å². The molecule has 0 heterocycles. The Kier molecular flexibility index (Phi) is 5.29. The fraction of sp³-hybridized carbons (Fsp3) is 0.0667. The summed E-state index contributed by atoms with van der Waals surface area (Å²) in [5.41, 5.74) is 1.43. The van der Waals surface area contributed by atoms with Gasteiger partial charge in [-0.3, -0.25) is 9.59 Å². The molecule has 0 aromatic heterocycles. The third-order valence-electron chi connectivity index (χ3n) is 2.84. The van der Waals surface area contributed by atoms with E-state index in [2.05, 4.69) is 10.6 Å². The molecule has 0 spiro atoms. The molecule has 2 aromatic rings. The molecule has 0 saturated heterocycles. The molecule has 2 amide bonds. The van der Waals surface area contributed by atoms with Gasteiger partial charge in [-0.15, -0.1) is 0 Å². The van der Waals surface area contributed by atoms with Crippen molar-refractivity contribution >= 4 is 58.0 Å². The molecule has 114 valence electrons. The number of anilines is 2. The van der Waals surface area contributed by atoms with Crippen LogP contribution in [0.25, 0.3) is 0 Å². The van der Waals surface area contributed by atoms with Crippen molar-refractivity contribution in [2.75, 3.05) is 10.6 Å². The first kappa shape index (κ1) is 16.6. The van der Waals surface area contributed by atoms with Gasteiger partial charge in [0.25, 0.3) is 0 Å². The fourth-order valence-corrected chi connectivity index (χ4v) is 2.45. The summed E-state index contributed by atoms with van der Waals surface area (Å²) in [5, 5.41) is 5.93. The maximum absolute atomic E-state index is 11.9. The maximum Gasteiger partial charge on any atom is 0.314 e. The SMILES string of the molecule is Cc1cc(Cl)ccc1NC(=O)C(=O)Nc1c(Cl)cccc1Cl. The largest absolute Gasteiger partial charge is 0.318 e. The van der Waals surface area contributed by atoms with E-state index in [-0.39, 0.29) is 15.7 Å². The molecule has 2 aromatic carbocycles. The summed E-state index contributed by atoms with van der Waals surface area (Å²) in [5.74, 6) is -1.70. The lowest BCUT2D eigenvalue weighted by atomic mass is 10.2. The van der Waals surface area contributed by atoms with Crippen LogP contribution in [0, 0.1) is 6.92 Å². The lowest BCUT2D eigenvalue weighted by Gasteiger charge is -2.10. The number of amides is 2. The zero-order valence-corrected chi connectivity index (χ0v) is 13.7. The Bertz CT molecular complexity index is 727. The lowest BCUT2D eigenvalue weighted by molar-refractivity contribution is -0.133. The second-order valence-electron chi connectivity index (χ2n) is 4.46. The minimum Gasteiger partial charge on any atom is -0.318 e. The minimum absolute atomic E-state index is 0.193. The van der Waals surface area contributed by atoms with Crippen molar-refractivity contribution in [3.63, 3.8) is 0 Å². The Labute approximate surface area is 142 Å². The molecule has 22 heavy (non-hydrogen) atoms. The van der Waals surface area contributed by atoms with Crippen LogP contribution in [0.15, 0.2) is 36.4 Å². The van der Waals surface area contributed by atoms with Crippen LogP contribution in [0.2, 0.25) is 15.1 Å². The summed E-state index contributed by atoms with van der Waals surface area (Å²) in [7, 11) is 0. The highest BCUT2D eigenvalue weighted by molar-refractivity contribution is 6.46. The zero-order valence-electron chi connectivity index (χ0n) is 11.4. The number of aryl methyl sites for hydroxylation is 1. The van der Waals surface area contributed by atoms with E-state index >= 15 is 0 Å². The van der Waals surface area contributed by atoms with Crippen molar-refractivity contribution < 1.29 is 9.59 Å². The van der Waals surface area contributed by atoms with Crippen molar-refractivity contribution in [1.82, 2.24) is 0 Å². The third kappa shape index (κ3) is 3.91. The number of nitrogens with one attached hydrogen (secondary N) is 2. The summed E-state index contributed by atoms with van der Waals surface area (Å²) in [6, 6.07) is 9.67. The van der Waals surface area contributed by atoms with Crippen molar-refractivity contribution in [2.45, 2.75) is 6.92 Å². The van der Waals surface area contributed by atoms with Crippen LogP contribution in [0.5, 0.6) is 0 Å². The Morgan fingerprint density at radius 2 is 1.50 bits per heavy atom. The van der Waals surface area contributed by atoms with Crippen molar-refractivity contribution in [3.8, 4) is 0 Å². The Morgan fingerprint density at radius 1 is 0.909 bits per heavy atom. The minimum atomic E-state index is -0.871. The van der Waals surface area contributed by atoms with E-state index in [1.54, 1.807) is 43.3 Å². The van der Waals surface area contributed by atoms with Gasteiger partial charge in [-0.2, -0.15) is 0 Å². The highest BCUT2D eigenvalue weighted by atomic mass is 35.5. The summed E-state index contributed by atoms with van der Waals surface area (Å²) in [6.07, 6.45) is 0. The molecule has 4 nitrogen and oxygen atoms in total. The van der Waals surface area contributed by atoms with Gasteiger partial charge in [0.1, 0.15) is 0 Å². The van der Waals surface area contributed by atoms with E-state index in [0.717, 1.165) is 5.56 Å². The molecular formula is C15H11Cl3N2O2. The molecule has 0 unspecified atom stereocenters. The van der Waals surface area contributed by atoms with Crippen LogP contribution in [-0.2, 0) is 9.59 Å². The van der Waals surface area contributed by atoms with Crippen LogP contribution < -0.4 is 10.6 Å². The predicted octanol–water partition coefficient (Wildman–Crippen LogP) is 4.53. The van der Waals surface area contributed by atoms with Crippen LogP contribution in [0.4, 0.5) is 11.4 Å². The molecule has 0 fully saturated rings. The number of carbonyl (C=O) groups excluding carboxylic acids is 2. The van der Waals surface area contributed by atoms with E-state index in [1.807, 2.05) is 0 Å². The predicted molar refractivity (Wildman–Crippen MR) is 89.9 cm³/mol. The van der Waals surface area contributed by atoms with Crippen LogP contribution in [0.1, 0.15) is 5.56 Å². The highest BCUT2D eigenvalue weighted by Crippen LogP contribution is 2.29. The first-order chi connectivity index (χ1) is 10.4. The average molecular weight is 358 g/mol.